The van der Waals surface area contributed by atoms with E-state index in [1.54, 1.807) is 16.7 Å². The van der Waals surface area contributed by atoms with E-state index in [1.165, 1.54) is 6.07 Å². The minimum absolute atomic E-state index is 0.0576. The molecule has 3 aromatic rings. The Kier molecular flexibility index (Phi) is 9.48. The van der Waals surface area contributed by atoms with E-state index in [1.807, 2.05) is 30.3 Å². The Morgan fingerprint density at radius 2 is 1.90 bits per heavy atom. The summed E-state index contributed by atoms with van der Waals surface area (Å²) in [4.78, 5) is 51.6. The number of aromatic nitrogens is 6. The fourth-order valence-electron chi connectivity index (χ4n) is 4.69. The number of nitrogens with zero attached hydrogens (tertiary/aromatic N) is 7. The molecule has 4 heterocycles. The number of H-pyrrole nitrogens is 1. The number of nitrogens with one attached hydrogen (secondary N) is 2. The van der Waals surface area contributed by atoms with Gasteiger partial charge in [-0.2, -0.15) is 10.2 Å². The Bertz CT molecular complexity index is 1340. The lowest BCUT2D eigenvalue weighted by atomic mass is 10.1. The summed E-state index contributed by atoms with van der Waals surface area (Å²) in [6.07, 6.45) is 0.637. The summed E-state index contributed by atoms with van der Waals surface area (Å²) in [6.45, 7) is 4.31. The van der Waals surface area contributed by atoms with Crippen LogP contribution in [0.1, 0.15) is 36.1 Å². The molecule has 1 aromatic carbocycles. The Morgan fingerprint density at radius 3 is 2.60 bits per heavy atom. The molecule has 0 spiro atoms. The van der Waals surface area contributed by atoms with Gasteiger partial charge in [-0.05, 0) is 13.3 Å². The maximum Gasteiger partial charge on any atom is 0.409 e. The van der Waals surface area contributed by atoms with Crippen LogP contribution in [0.5, 0.6) is 5.88 Å². The lowest BCUT2D eigenvalue weighted by molar-refractivity contribution is -0.135. The number of piperazine rings is 1. The van der Waals surface area contributed by atoms with Gasteiger partial charge in [0.25, 0.3) is 5.91 Å². The first-order chi connectivity index (χ1) is 20.5. The Hall–Kier alpha value is -4.66. The monoisotopic (exact) mass is 579 g/mol. The molecule has 5 rings (SSSR count). The molecule has 2 aliphatic rings. The maximum atomic E-state index is 13.7. The van der Waals surface area contributed by atoms with Crippen LogP contribution in [-0.4, -0.2) is 116 Å². The highest BCUT2D eigenvalue weighted by Gasteiger charge is 2.31. The predicted octanol–water partition coefficient (Wildman–Crippen LogP) is 0.856. The molecule has 15 nitrogen and oxygen atoms in total. The molecule has 0 saturated carbocycles. The van der Waals surface area contributed by atoms with E-state index in [4.69, 9.17) is 14.2 Å². The Balaban J connectivity index is 1.34. The highest BCUT2D eigenvalue weighted by molar-refractivity contribution is 5.96. The standard InChI is InChI=1S/C27H33N9O6/c1-2-41-27(39)36-13-11-35(12-14-36)26(38)20(8-9-22-31-33-34-32-22)29-25(37)21-16-23(42-19-10-15-40-17-19)30-24(28-21)18-6-4-3-5-7-18/h3-7,16,19-20H,2,8-15,17H2,1H3,(H,29,37)(H,31,32,33,34)/t19-,20?/m0/s1. The van der Waals surface area contributed by atoms with Crippen LogP contribution in [0.3, 0.4) is 0 Å². The predicted molar refractivity (Wildman–Crippen MR) is 146 cm³/mol. The van der Waals surface area contributed by atoms with Crippen molar-refractivity contribution >= 4 is 17.9 Å². The zero-order valence-electron chi connectivity index (χ0n) is 23.3. The fourth-order valence-corrected chi connectivity index (χ4v) is 4.69. The number of carbonyl (C=O) groups excluding carboxylic acids is 3. The second-order valence-electron chi connectivity index (χ2n) is 9.79. The van der Waals surface area contributed by atoms with Gasteiger partial charge in [-0.15, -0.1) is 10.2 Å². The molecule has 2 aromatic heterocycles. The van der Waals surface area contributed by atoms with Gasteiger partial charge >= 0.3 is 6.09 Å². The van der Waals surface area contributed by atoms with Crippen LogP contribution in [0.15, 0.2) is 36.4 Å². The Morgan fingerprint density at radius 1 is 1.12 bits per heavy atom. The third-order valence-electron chi connectivity index (χ3n) is 6.91. The number of ether oxygens (including phenoxy) is 3. The molecule has 1 unspecified atom stereocenters. The number of aromatic amines is 1. The number of benzene rings is 1. The van der Waals surface area contributed by atoms with Crippen molar-refractivity contribution in [3.8, 4) is 17.3 Å². The topological polar surface area (TPSA) is 178 Å². The van der Waals surface area contributed by atoms with Crippen molar-refractivity contribution in [3.63, 3.8) is 0 Å². The number of aryl methyl sites for hydroxylation is 1. The van der Waals surface area contributed by atoms with E-state index >= 15 is 0 Å². The van der Waals surface area contributed by atoms with Gasteiger partial charge in [0.2, 0.25) is 11.8 Å². The van der Waals surface area contributed by atoms with Gasteiger partial charge < -0.3 is 29.3 Å². The number of hydrogen-bond acceptors (Lipinski definition) is 11. The smallest absolute Gasteiger partial charge is 0.409 e. The van der Waals surface area contributed by atoms with Gasteiger partial charge in [-0.3, -0.25) is 9.59 Å². The summed E-state index contributed by atoms with van der Waals surface area (Å²) >= 11 is 0. The molecule has 0 radical (unpaired) electrons. The van der Waals surface area contributed by atoms with Gasteiger partial charge in [0.05, 0.1) is 19.8 Å². The third-order valence-corrected chi connectivity index (χ3v) is 6.91. The molecule has 2 N–H and O–H groups in total. The van der Waals surface area contributed by atoms with Crippen LogP contribution in [-0.2, 0) is 20.7 Å². The average molecular weight is 580 g/mol. The maximum absolute atomic E-state index is 13.7. The molecule has 2 atom stereocenters. The SMILES string of the molecule is CCOC(=O)N1CCN(C(=O)C(CCc2nn[nH]n2)NC(=O)c2cc(O[C@H]3CCOC3)nc(-c3ccccc3)n2)CC1. The van der Waals surface area contributed by atoms with Crippen molar-refractivity contribution in [1.29, 1.82) is 0 Å². The van der Waals surface area contributed by atoms with Crippen LogP contribution in [0.4, 0.5) is 4.79 Å². The average Bonchev–Trinajstić information content (AvgIpc) is 3.74. The summed E-state index contributed by atoms with van der Waals surface area (Å²) in [5.41, 5.74) is 0.770. The first kappa shape index (κ1) is 28.9. The van der Waals surface area contributed by atoms with Gasteiger partial charge in [0.1, 0.15) is 17.8 Å². The molecule has 2 aliphatic heterocycles. The number of amides is 3. The van der Waals surface area contributed by atoms with Crippen molar-refractivity contribution in [2.24, 2.45) is 0 Å². The fraction of sp³-hybridized carbons (Fsp3) is 0.481. The lowest BCUT2D eigenvalue weighted by Gasteiger charge is -2.36. The molecule has 2 saturated heterocycles. The Labute approximate surface area is 241 Å². The number of rotatable bonds is 10. The molecule has 2 fully saturated rings. The normalized spacial score (nSPS) is 17.5. The van der Waals surface area contributed by atoms with E-state index < -0.39 is 18.0 Å². The van der Waals surface area contributed by atoms with Crippen molar-refractivity contribution < 1.29 is 28.6 Å². The van der Waals surface area contributed by atoms with Gasteiger partial charge in [-0.1, -0.05) is 35.5 Å². The number of hydrogen-bond donors (Lipinski definition) is 2. The summed E-state index contributed by atoms with van der Waals surface area (Å²) in [5, 5.41) is 16.7. The second-order valence-corrected chi connectivity index (χ2v) is 9.79. The zero-order chi connectivity index (χ0) is 29.3. The molecule has 222 valence electrons. The van der Waals surface area contributed by atoms with Gasteiger partial charge in [0.15, 0.2) is 11.6 Å². The van der Waals surface area contributed by atoms with Crippen LogP contribution in [0.2, 0.25) is 0 Å². The van der Waals surface area contributed by atoms with E-state index in [2.05, 4.69) is 35.9 Å². The van der Waals surface area contributed by atoms with E-state index in [0.29, 0.717) is 69.4 Å². The second kappa shape index (κ2) is 13.8. The molecule has 0 aliphatic carbocycles. The van der Waals surface area contributed by atoms with Crippen LogP contribution in [0.25, 0.3) is 11.4 Å². The van der Waals surface area contributed by atoms with E-state index in [0.717, 1.165) is 0 Å². The van der Waals surface area contributed by atoms with Crippen molar-refractivity contribution in [2.75, 3.05) is 46.0 Å². The molecular weight excluding hydrogens is 546 g/mol. The minimum Gasteiger partial charge on any atom is -0.472 e. The van der Waals surface area contributed by atoms with Gasteiger partial charge in [0, 0.05) is 50.7 Å². The van der Waals surface area contributed by atoms with Gasteiger partial charge in [-0.25, -0.2) is 9.78 Å². The lowest BCUT2D eigenvalue weighted by Crippen LogP contribution is -2.56. The van der Waals surface area contributed by atoms with Crippen molar-refractivity contribution in [1.82, 2.24) is 45.7 Å². The summed E-state index contributed by atoms with van der Waals surface area (Å²) in [5.74, 6) is 0.138. The molecule has 3 amide bonds. The number of carbonyl (C=O) groups is 3. The molecular formula is C27H33N9O6. The van der Waals surface area contributed by atoms with E-state index in [9.17, 15) is 14.4 Å². The van der Waals surface area contributed by atoms with Crippen molar-refractivity contribution in [3.05, 3.63) is 47.9 Å². The summed E-state index contributed by atoms with van der Waals surface area (Å²) in [6, 6.07) is 9.82. The quantitative estimate of drug-likeness (QED) is 0.348. The highest BCUT2D eigenvalue weighted by Crippen LogP contribution is 2.22. The summed E-state index contributed by atoms with van der Waals surface area (Å²) < 4.78 is 16.5. The minimum atomic E-state index is -0.909. The molecule has 15 heteroatoms. The first-order valence-electron chi connectivity index (χ1n) is 13.9. The van der Waals surface area contributed by atoms with Crippen LogP contribution < -0.4 is 10.1 Å². The van der Waals surface area contributed by atoms with Crippen LogP contribution >= 0.6 is 0 Å². The highest BCUT2D eigenvalue weighted by atomic mass is 16.6. The number of tetrazole rings is 1. The van der Waals surface area contributed by atoms with Crippen LogP contribution in [0, 0.1) is 0 Å². The zero-order valence-corrected chi connectivity index (χ0v) is 23.3. The molecule has 0 bridgehead atoms. The summed E-state index contributed by atoms with van der Waals surface area (Å²) in [7, 11) is 0. The third kappa shape index (κ3) is 7.34. The largest absolute Gasteiger partial charge is 0.472 e. The first-order valence-corrected chi connectivity index (χ1v) is 13.9. The molecule has 42 heavy (non-hydrogen) atoms. The van der Waals surface area contributed by atoms with E-state index in [-0.39, 0.29) is 36.6 Å². The van der Waals surface area contributed by atoms with Crippen molar-refractivity contribution in [2.45, 2.75) is 38.3 Å².